The number of ether oxygens (including phenoxy) is 3. The van der Waals surface area contributed by atoms with Gasteiger partial charge in [-0.05, 0) is 12.1 Å². The number of esters is 1. The molecule has 0 bridgehead atoms. The van der Waals surface area contributed by atoms with E-state index in [1.54, 1.807) is 24.3 Å². The number of benzene rings is 1. The Kier molecular flexibility index (Phi) is 4.89. The molecule has 1 aliphatic rings. The van der Waals surface area contributed by atoms with E-state index in [0.29, 0.717) is 0 Å². The van der Waals surface area contributed by atoms with Crippen molar-refractivity contribution in [2.75, 3.05) is 21.3 Å². The highest BCUT2D eigenvalue weighted by Crippen LogP contribution is 2.26. The summed E-state index contributed by atoms with van der Waals surface area (Å²) in [5.74, 6) is -1.75. The summed E-state index contributed by atoms with van der Waals surface area (Å²) in [6.45, 7) is 0. The first-order chi connectivity index (χ1) is 10.5. The molecule has 0 aliphatic carbocycles. The molecule has 0 saturated heterocycles. The van der Waals surface area contributed by atoms with Crippen LogP contribution in [0.25, 0.3) is 0 Å². The standard InChI is InChI=1S/C15H17NO6/c1-20-12(21-2)8-11(15(19)22-3)16-13(17)9-6-4-5-7-10(9)14(16)18/h4-7,11-12H,8H2,1-3H3/t11-/m0/s1. The molecular weight excluding hydrogens is 290 g/mol. The Labute approximate surface area is 127 Å². The van der Waals surface area contributed by atoms with Crippen LogP contribution in [0.4, 0.5) is 0 Å². The zero-order valence-electron chi connectivity index (χ0n) is 12.6. The highest BCUT2D eigenvalue weighted by molar-refractivity contribution is 6.22. The molecule has 0 aromatic heterocycles. The molecule has 118 valence electrons. The van der Waals surface area contributed by atoms with E-state index in [-0.39, 0.29) is 17.5 Å². The number of amides is 2. The monoisotopic (exact) mass is 307 g/mol. The van der Waals surface area contributed by atoms with Crippen LogP contribution >= 0.6 is 0 Å². The summed E-state index contributed by atoms with van der Waals surface area (Å²) in [5.41, 5.74) is 0.542. The number of imide groups is 1. The van der Waals surface area contributed by atoms with Crippen LogP contribution in [0.3, 0.4) is 0 Å². The van der Waals surface area contributed by atoms with Crippen molar-refractivity contribution < 1.29 is 28.6 Å². The second kappa shape index (κ2) is 6.67. The fourth-order valence-corrected chi connectivity index (χ4v) is 2.40. The molecule has 2 amide bonds. The Morgan fingerprint density at radius 3 is 1.95 bits per heavy atom. The Morgan fingerprint density at radius 1 is 1.05 bits per heavy atom. The quantitative estimate of drug-likeness (QED) is 0.440. The van der Waals surface area contributed by atoms with Crippen molar-refractivity contribution >= 4 is 17.8 Å². The van der Waals surface area contributed by atoms with Gasteiger partial charge in [0.1, 0.15) is 6.04 Å². The van der Waals surface area contributed by atoms with Crippen LogP contribution in [0.15, 0.2) is 24.3 Å². The molecule has 1 heterocycles. The van der Waals surface area contributed by atoms with Crippen molar-refractivity contribution in [2.24, 2.45) is 0 Å². The van der Waals surface area contributed by atoms with Gasteiger partial charge < -0.3 is 14.2 Å². The van der Waals surface area contributed by atoms with Crippen LogP contribution < -0.4 is 0 Å². The Morgan fingerprint density at radius 2 is 1.55 bits per heavy atom. The molecule has 7 heteroatoms. The van der Waals surface area contributed by atoms with E-state index >= 15 is 0 Å². The average Bonchev–Trinajstić information content (AvgIpc) is 2.80. The molecule has 22 heavy (non-hydrogen) atoms. The highest BCUT2D eigenvalue weighted by atomic mass is 16.7. The number of hydrogen-bond donors (Lipinski definition) is 0. The molecule has 1 aromatic rings. The van der Waals surface area contributed by atoms with Gasteiger partial charge in [-0.1, -0.05) is 12.1 Å². The predicted molar refractivity (Wildman–Crippen MR) is 75.2 cm³/mol. The first-order valence-corrected chi connectivity index (χ1v) is 6.65. The minimum Gasteiger partial charge on any atom is -0.467 e. The van der Waals surface area contributed by atoms with Gasteiger partial charge in [-0.2, -0.15) is 0 Å². The predicted octanol–water partition coefficient (Wildman–Crippen LogP) is 0.833. The van der Waals surface area contributed by atoms with E-state index < -0.39 is 30.1 Å². The Hall–Kier alpha value is -2.25. The van der Waals surface area contributed by atoms with Gasteiger partial charge >= 0.3 is 5.97 Å². The maximum absolute atomic E-state index is 12.4. The molecule has 1 atom stereocenters. The van der Waals surface area contributed by atoms with E-state index in [9.17, 15) is 14.4 Å². The summed E-state index contributed by atoms with van der Waals surface area (Å²) < 4.78 is 14.8. The number of carbonyl (C=O) groups is 3. The lowest BCUT2D eigenvalue weighted by molar-refractivity contribution is -0.153. The fraction of sp³-hybridized carbons (Fsp3) is 0.400. The van der Waals surface area contributed by atoms with Gasteiger partial charge in [-0.25, -0.2) is 4.79 Å². The van der Waals surface area contributed by atoms with Crippen molar-refractivity contribution in [2.45, 2.75) is 18.8 Å². The lowest BCUT2D eigenvalue weighted by atomic mass is 10.1. The van der Waals surface area contributed by atoms with Crippen molar-refractivity contribution in [1.29, 1.82) is 0 Å². The third-order valence-electron chi connectivity index (χ3n) is 3.55. The summed E-state index contributed by atoms with van der Waals surface area (Å²) in [7, 11) is 4.01. The number of carbonyl (C=O) groups excluding carboxylic acids is 3. The lowest BCUT2D eigenvalue weighted by Gasteiger charge is -2.26. The van der Waals surface area contributed by atoms with Crippen LogP contribution in [-0.4, -0.2) is 56.3 Å². The molecule has 1 aliphatic heterocycles. The van der Waals surface area contributed by atoms with Gasteiger partial charge in [-0.15, -0.1) is 0 Å². The zero-order valence-corrected chi connectivity index (χ0v) is 12.6. The number of rotatable bonds is 6. The Bertz CT molecular complexity index is 560. The molecule has 0 N–H and O–H groups in total. The van der Waals surface area contributed by atoms with Gasteiger partial charge in [0, 0.05) is 20.6 Å². The molecule has 7 nitrogen and oxygen atoms in total. The highest BCUT2D eigenvalue weighted by Gasteiger charge is 2.44. The van der Waals surface area contributed by atoms with Crippen molar-refractivity contribution in [3.05, 3.63) is 35.4 Å². The molecule has 0 saturated carbocycles. The SMILES string of the molecule is COC(=O)[C@H](CC(OC)OC)N1C(=O)c2ccccc2C1=O. The minimum absolute atomic E-state index is 0.00879. The van der Waals surface area contributed by atoms with Crippen LogP contribution in [0.1, 0.15) is 27.1 Å². The minimum atomic E-state index is -1.11. The summed E-state index contributed by atoms with van der Waals surface area (Å²) in [4.78, 5) is 37.8. The van der Waals surface area contributed by atoms with Crippen LogP contribution in [0.5, 0.6) is 0 Å². The summed E-state index contributed by atoms with van der Waals surface area (Å²) in [5, 5.41) is 0. The summed E-state index contributed by atoms with van der Waals surface area (Å²) in [6.07, 6.45) is -0.751. The average molecular weight is 307 g/mol. The molecule has 0 radical (unpaired) electrons. The number of methoxy groups -OCH3 is 3. The van der Waals surface area contributed by atoms with Gasteiger partial charge in [0.05, 0.1) is 18.2 Å². The van der Waals surface area contributed by atoms with Crippen LogP contribution in [0, 0.1) is 0 Å². The Balaban J connectivity index is 2.35. The van der Waals surface area contributed by atoms with Crippen molar-refractivity contribution in [3.63, 3.8) is 0 Å². The van der Waals surface area contributed by atoms with Crippen molar-refractivity contribution in [3.8, 4) is 0 Å². The maximum atomic E-state index is 12.4. The van der Waals surface area contributed by atoms with Gasteiger partial charge in [-0.3, -0.25) is 14.5 Å². The topological polar surface area (TPSA) is 82.1 Å². The molecule has 0 unspecified atom stereocenters. The van der Waals surface area contributed by atoms with E-state index in [0.717, 1.165) is 4.90 Å². The smallest absolute Gasteiger partial charge is 0.329 e. The van der Waals surface area contributed by atoms with Gasteiger partial charge in [0.25, 0.3) is 11.8 Å². The van der Waals surface area contributed by atoms with Crippen LogP contribution in [-0.2, 0) is 19.0 Å². The lowest BCUT2D eigenvalue weighted by Crippen LogP contribution is -2.47. The number of hydrogen-bond acceptors (Lipinski definition) is 6. The number of fused-ring (bicyclic) bond motifs is 1. The van der Waals surface area contributed by atoms with E-state index in [1.165, 1.54) is 21.3 Å². The molecular formula is C15H17NO6. The van der Waals surface area contributed by atoms with E-state index in [2.05, 4.69) is 0 Å². The third-order valence-corrected chi connectivity index (χ3v) is 3.55. The van der Waals surface area contributed by atoms with Crippen LogP contribution in [0.2, 0.25) is 0 Å². The first-order valence-electron chi connectivity index (χ1n) is 6.65. The fourth-order valence-electron chi connectivity index (χ4n) is 2.40. The van der Waals surface area contributed by atoms with Gasteiger partial charge in [0.15, 0.2) is 6.29 Å². The normalized spacial score (nSPS) is 15.2. The second-order valence-corrected chi connectivity index (χ2v) is 4.70. The van der Waals surface area contributed by atoms with E-state index in [4.69, 9.17) is 14.2 Å². The molecule has 0 spiro atoms. The van der Waals surface area contributed by atoms with Gasteiger partial charge in [0.2, 0.25) is 0 Å². The third kappa shape index (κ3) is 2.72. The van der Waals surface area contributed by atoms with E-state index in [1.807, 2.05) is 0 Å². The van der Waals surface area contributed by atoms with Crippen molar-refractivity contribution in [1.82, 2.24) is 4.90 Å². The zero-order chi connectivity index (χ0) is 16.3. The first kappa shape index (κ1) is 16.1. The second-order valence-electron chi connectivity index (χ2n) is 4.70. The molecule has 0 fully saturated rings. The molecule has 1 aromatic carbocycles. The summed E-state index contributed by atoms with van der Waals surface area (Å²) in [6, 6.07) is 5.31. The number of nitrogens with zero attached hydrogens (tertiary/aromatic N) is 1. The molecule has 2 rings (SSSR count). The maximum Gasteiger partial charge on any atom is 0.329 e. The summed E-state index contributed by atoms with van der Waals surface area (Å²) >= 11 is 0. The largest absolute Gasteiger partial charge is 0.467 e.